The lowest BCUT2D eigenvalue weighted by molar-refractivity contribution is -0.125. The quantitative estimate of drug-likeness (QED) is 0.663. The van der Waals surface area contributed by atoms with Crippen molar-refractivity contribution in [2.45, 2.75) is 6.54 Å². The normalized spacial score (nSPS) is 11.3. The molecule has 0 N–H and O–H groups in total. The second-order valence-corrected chi connectivity index (χ2v) is 5.65. The van der Waals surface area contributed by atoms with E-state index in [-0.39, 0.29) is 23.0 Å². The van der Waals surface area contributed by atoms with Crippen molar-refractivity contribution in [2.24, 2.45) is 0 Å². The van der Waals surface area contributed by atoms with Crippen LogP contribution in [0.5, 0.6) is 0 Å². The van der Waals surface area contributed by atoms with Crippen LogP contribution in [0, 0.1) is 5.82 Å². The molecule has 0 atom stereocenters. The third kappa shape index (κ3) is 3.46. The van der Waals surface area contributed by atoms with E-state index in [0.29, 0.717) is 11.5 Å². The molecule has 0 unspecified atom stereocenters. The van der Waals surface area contributed by atoms with Crippen molar-refractivity contribution >= 4 is 34.7 Å². The predicted molar refractivity (Wildman–Crippen MR) is 90.9 cm³/mol. The molecule has 0 fully saturated rings. The zero-order valence-electron chi connectivity index (χ0n) is 12.9. The second-order valence-electron chi connectivity index (χ2n) is 5.25. The average molecular weight is 345 g/mol. The lowest BCUT2D eigenvalue weighted by Gasteiger charge is -2.16. The maximum atomic E-state index is 13.8. The molecular formula is C18H14ClFN2O2. The minimum absolute atomic E-state index is 0.0717. The maximum Gasteiger partial charge on any atom is 0.246 e. The van der Waals surface area contributed by atoms with E-state index in [9.17, 15) is 9.18 Å². The number of carbonyl (C=O) groups is 1. The zero-order valence-corrected chi connectivity index (χ0v) is 13.6. The van der Waals surface area contributed by atoms with Gasteiger partial charge in [0, 0.05) is 36.3 Å². The van der Waals surface area contributed by atoms with E-state index in [0.717, 1.165) is 5.52 Å². The van der Waals surface area contributed by atoms with Crippen molar-refractivity contribution in [3.05, 3.63) is 70.8 Å². The Morgan fingerprint density at radius 2 is 2.08 bits per heavy atom. The number of likely N-dealkylation sites (N-methyl/N-ethyl adjacent to an activating group) is 1. The van der Waals surface area contributed by atoms with Crippen LogP contribution in [-0.2, 0) is 11.3 Å². The molecule has 0 aliphatic carbocycles. The molecular weight excluding hydrogens is 331 g/mol. The van der Waals surface area contributed by atoms with Gasteiger partial charge in [0.05, 0.1) is 0 Å². The Hall–Kier alpha value is -2.66. The number of halogens is 2. The second kappa shape index (κ2) is 6.84. The van der Waals surface area contributed by atoms with Gasteiger partial charge in [-0.15, -0.1) is 0 Å². The number of benzene rings is 2. The minimum atomic E-state index is -0.440. The first-order valence-electron chi connectivity index (χ1n) is 7.26. The van der Waals surface area contributed by atoms with E-state index >= 15 is 0 Å². The molecule has 0 radical (unpaired) electrons. The van der Waals surface area contributed by atoms with Crippen LogP contribution in [0.3, 0.4) is 0 Å². The van der Waals surface area contributed by atoms with E-state index in [4.69, 9.17) is 16.0 Å². The van der Waals surface area contributed by atoms with Crippen LogP contribution >= 0.6 is 11.6 Å². The first kappa shape index (κ1) is 16.2. The van der Waals surface area contributed by atoms with Crippen LogP contribution in [0.1, 0.15) is 11.5 Å². The minimum Gasteiger partial charge on any atom is -0.437 e. The van der Waals surface area contributed by atoms with Crippen molar-refractivity contribution in [3.63, 3.8) is 0 Å². The van der Waals surface area contributed by atoms with Crippen molar-refractivity contribution in [1.29, 1.82) is 0 Å². The summed E-state index contributed by atoms with van der Waals surface area (Å²) in [6.07, 6.45) is 2.82. The summed E-state index contributed by atoms with van der Waals surface area (Å²) in [6.45, 7) is 0.0717. The molecule has 3 aromatic rings. The zero-order chi connectivity index (χ0) is 17.1. The molecule has 4 nitrogen and oxygen atoms in total. The first-order valence-corrected chi connectivity index (χ1v) is 7.64. The highest BCUT2D eigenvalue weighted by molar-refractivity contribution is 6.31. The molecule has 122 valence electrons. The molecule has 24 heavy (non-hydrogen) atoms. The molecule has 2 aromatic carbocycles. The fourth-order valence-corrected chi connectivity index (χ4v) is 2.45. The molecule has 1 amide bonds. The largest absolute Gasteiger partial charge is 0.437 e. The summed E-state index contributed by atoms with van der Waals surface area (Å²) in [5, 5.41) is 0.289. The Kier molecular flexibility index (Phi) is 4.62. The van der Waals surface area contributed by atoms with Gasteiger partial charge in [-0.05, 0) is 24.3 Å². The van der Waals surface area contributed by atoms with Crippen molar-refractivity contribution in [1.82, 2.24) is 9.88 Å². The van der Waals surface area contributed by atoms with Crippen LogP contribution in [-0.4, -0.2) is 22.8 Å². The molecule has 3 rings (SSSR count). The third-order valence-electron chi connectivity index (χ3n) is 3.51. The fraction of sp³-hybridized carbons (Fsp3) is 0.111. The molecule has 1 heterocycles. The lowest BCUT2D eigenvalue weighted by atomic mass is 10.2. The molecule has 0 saturated heterocycles. The number of nitrogens with zero attached hydrogens (tertiary/aromatic N) is 2. The van der Waals surface area contributed by atoms with Gasteiger partial charge in [-0.2, -0.15) is 0 Å². The summed E-state index contributed by atoms with van der Waals surface area (Å²) in [7, 11) is 1.57. The van der Waals surface area contributed by atoms with Gasteiger partial charge in [-0.3, -0.25) is 4.79 Å². The third-order valence-corrected chi connectivity index (χ3v) is 3.87. The molecule has 0 aliphatic heterocycles. The van der Waals surface area contributed by atoms with Crippen LogP contribution in [0.15, 0.2) is 53.0 Å². The molecule has 6 heteroatoms. The Labute approximate surface area is 143 Å². The summed E-state index contributed by atoms with van der Waals surface area (Å²) >= 11 is 5.98. The smallest absolute Gasteiger partial charge is 0.246 e. The van der Waals surface area contributed by atoms with Gasteiger partial charge in [0.25, 0.3) is 0 Å². The van der Waals surface area contributed by atoms with E-state index in [1.54, 1.807) is 19.2 Å². The number of aromatic nitrogens is 1. The van der Waals surface area contributed by atoms with Gasteiger partial charge in [0.1, 0.15) is 11.3 Å². The van der Waals surface area contributed by atoms with E-state index < -0.39 is 5.82 Å². The molecule has 0 spiro atoms. The molecule has 0 saturated carbocycles. The summed E-state index contributed by atoms with van der Waals surface area (Å²) in [4.78, 5) is 17.8. The van der Waals surface area contributed by atoms with Gasteiger partial charge in [0.15, 0.2) is 5.58 Å². The molecule has 0 bridgehead atoms. The Morgan fingerprint density at radius 3 is 2.83 bits per heavy atom. The van der Waals surface area contributed by atoms with Gasteiger partial charge in [-0.1, -0.05) is 29.8 Å². The number of rotatable bonds is 4. The highest BCUT2D eigenvalue weighted by Gasteiger charge is 2.12. The monoisotopic (exact) mass is 344 g/mol. The summed E-state index contributed by atoms with van der Waals surface area (Å²) in [5.41, 5.74) is 1.65. The van der Waals surface area contributed by atoms with Crippen LogP contribution in [0.4, 0.5) is 4.39 Å². The Bertz CT molecular complexity index is 867. The van der Waals surface area contributed by atoms with Gasteiger partial charge in [-0.25, -0.2) is 9.37 Å². The number of para-hydroxylation sites is 2. The predicted octanol–water partition coefficient (Wildman–Crippen LogP) is 4.29. The molecule has 0 aliphatic rings. The van der Waals surface area contributed by atoms with Crippen molar-refractivity contribution in [2.75, 3.05) is 7.05 Å². The summed E-state index contributed by atoms with van der Waals surface area (Å²) in [5.74, 6) is -0.413. The fourth-order valence-electron chi connectivity index (χ4n) is 2.23. The number of hydrogen-bond acceptors (Lipinski definition) is 3. The van der Waals surface area contributed by atoms with Crippen LogP contribution in [0.2, 0.25) is 5.02 Å². The van der Waals surface area contributed by atoms with Gasteiger partial charge < -0.3 is 9.32 Å². The van der Waals surface area contributed by atoms with Crippen molar-refractivity contribution in [3.8, 4) is 0 Å². The SMILES string of the molecule is CN(Cc1c(F)cccc1Cl)C(=O)/C=C/c1nc2ccccc2o1. The topological polar surface area (TPSA) is 46.3 Å². The standard InChI is InChI=1S/C18H14ClFN2O2/c1-22(11-12-13(19)5-4-6-14(12)20)18(23)10-9-17-21-15-7-2-3-8-16(15)24-17/h2-10H,11H2,1H3/b10-9+. The van der Waals surface area contributed by atoms with E-state index in [1.165, 1.54) is 29.2 Å². The van der Waals surface area contributed by atoms with Gasteiger partial charge >= 0.3 is 0 Å². The number of oxazole rings is 1. The Balaban J connectivity index is 1.71. The number of hydrogen-bond donors (Lipinski definition) is 0. The maximum absolute atomic E-state index is 13.8. The van der Waals surface area contributed by atoms with Crippen molar-refractivity contribution < 1.29 is 13.6 Å². The van der Waals surface area contributed by atoms with Crippen LogP contribution in [0.25, 0.3) is 17.2 Å². The van der Waals surface area contributed by atoms with Gasteiger partial charge in [0.2, 0.25) is 11.8 Å². The number of amides is 1. The molecule has 1 aromatic heterocycles. The average Bonchev–Trinajstić information content (AvgIpc) is 2.99. The first-order chi connectivity index (χ1) is 11.5. The number of carbonyl (C=O) groups excluding carboxylic acids is 1. The Morgan fingerprint density at radius 1 is 1.29 bits per heavy atom. The highest BCUT2D eigenvalue weighted by atomic mass is 35.5. The summed E-state index contributed by atoms with van der Waals surface area (Å²) < 4.78 is 19.3. The van der Waals surface area contributed by atoms with Crippen LogP contribution < -0.4 is 0 Å². The lowest BCUT2D eigenvalue weighted by Crippen LogP contribution is -2.24. The van der Waals surface area contributed by atoms with E-state index in [2.05, 4.69) is 4.98 Å². The highest BCUT2D eigenvalue weighted by Crippen LogP contribution is 2.20. The number of fused-ring (bicyclic) bond motifs is 1. The van der Waals surface area contributed by atoms with E-state index in [1.807, 2.05) is 18.2 Å². The summed E-state index contributed by atoms with van der Waals surface area (Å²) in [6, 6.07) is 11.8.